The van der Waals surface area contributed by atoms with E-state index in [0.717, 1.165) is 44.3 Å². The van der Waals surface area contributed by atoms with Crippen LogP contribution in [0, 0.1) is 6.92 Å². The van der Waals surface area contributed by atoms with Crippen LogP contribution in [0.1, 0.15) is 38.2 Å². The summed E-state index contributed by atoms with van der Waals surface area (Å²) >= 11 is 1.78. The normalized spacial score (nSPS) is 19.5. The number of amides is 1. The van der Waals surface area contributed by atoms with E-state index in [0.29, 0.717) is 31.5 Å². The third-order valence-electron chi connectivity index (χ3n) is 5.18. The first-order valence-electron chi connectivity index (χ1n) is 9.96. The highest BCUT2D eigenvalue weighted by atomic mass is 32.2. The van der Waals surface area contributed by atoms with Crippen LogP contribution in [0.15, 0.2) is 6.33 Å². The van der Waals surface area contributed by atoms with Gasteiger partial charge in [0.05, 0.1) is 12.2 Å². The summed E-state index contributed by atoms with van der Waals surface area (Å²) in [5, 5.41) is 0. The summed E-state index contributed by atoms with van der Waals surface area (Å²) in [6.07, 6.45) is 7.06. The van der Waals surface area contributed by atoms with Crippen molar-refractivity contribution in [1.29, 1.82) is 0 Å². The van der Waals surface area contributed by atoms with Gasteiger partial charge >= 0.3 is 6.09 Å². The number of hydrogen-bond acceptors (Lipinski definition) is 8. The SMILES string of the molecule is CCOC(=O)N1CCC(Oc2ncnc(OC3CCN(SC)CC3)c2C)CC1. The zero-order chi connectivity index (χ0) is 19.9. The third-order valence-corrected chi connectivity index (χ3v) is 6.06. The van der Waals surface area contributed by atoms with E-state index in [9.17, 15) is 4.79 Å². The summed E-state index contributed by atoms with van der Waals surface area (Å²) in [7, 11) is 0. The van der Waals surface area contributed by atoms with Crippen LogP contribution in [-0.2, 0) is 4.74 Å². The van der Waals surface area contributed by atoms with E-state index in [1.807, 2.05) is 13.8 Å². The van der Waals surface area contributed by atoms with Crippen molar-refractivity contribution in [3.8, 4) is 11.8 Å². The van der Waals surface area contributed by atoms with Gasteiger partial charge in [-0.05, 0) is 32.9 Å². The molecule has 0 saturated carbocycles. The molecular weight excluding hydrogens is 380 g/mol. The molecule has 0 unspecified atom stereocenters. The molecule has 2 saturated heterocycles. The number of likely N-dealkylation sites (tertiary alicyclic amines) is 1. The van der Waals surface area contributed by atoms with E-state index in [1.54, 1.807) is 16.8 Å². The Labute approximate surface area is 171 Å². The minimum atomic E-state index is -0.248. The van der Waals surface area contributed by atoms with Crippen molar-refractivity contribution in [2.24, 2.45) is 0 Å². The van der Waals surface area contributed by atoms with E-state index >= 15 is 0 Å². The molecule has 1 aromatic heterocycles. The van der Waals surface area contributed by atoms with Crippen molar-refractivity contribution >= 4 is 18.0 Å². The number of piperidine rings is 2. The lowest BCUT2D eigenvalue weighted by atomic mass is 10.1. The number of carbonyl (C=O) groups is 1. The van der Waals surface area contributed by atoms with Gasteiger partial charge in [-0.3, -0.25) is 4.31 Å². The number of ether oxygens (including phenoxy) is 3. The molecule has 156 valence electrons. The van der Waals surface area contributed by atoms with Gasteiger partial charge in [-0.1, -0.05) is 11.9 Å². The molecule has 0 spiro atoms. The van der Waals surface area contributed by atoms with Crippen molar-refractivity contribution in [3.05, 3.63) is 11.9 Å². The van der Waals surface area contributed by atoms with Gasteiger partial charge in [0.1, 0.15) is 18.5 Å². The lowest BCUT2D eigenvalue weighted by Crippen LogP contribution is -2.42. The Hall–Kier alpha value is -1.74. The van der Waals surface area contributed by atoms with Crippen molar-refractivity contribution in [2.45, 2.75) is 51.7 Å². The quantitative estimate of drug-likeness (QED) is 0.663. The van der Waals surface area contributed by atoms with Gasteiger partial charge in [0.15, 0.2) is 0 Å². The van der Waals surface area contributed by atoms with Crippen LogP contribution in [0.5, 0.6) is 11.8 Å². The van der Waals surface area contributed by atoms with Gasteiger partial charge in [0, 0.05) is 39.0 Å². The van der Waals surface area contributed by atoms with E-state index in [4.69, 9.17) is 14.2 Å². The largest absolute Gasteiger partial charge is 0.474 e. The van der Waals surface area contributed by atoms with Gasteiger partial charge in [-0.25, -0.2) is 14.8 Å². The smallest absolute Gasteiger partial charge is 0.409 e. The standard InChI is InChI=1S/C19H30N4O4S/c1-4-25-19(24)22-9-5-15(6-10-22)26-17-14(2)18(21-13-20-17)27-16-7-11-23(28-3)12-8-16/h13,15-16H,4-12H2,1-3H3. The van der Waals surface area contributed by atoms with Gasteiger partial charge in [0.2, 0.25) is 11.8 Å². The van der Waals surface area contributed by atoms with E-state index in [1.165, 1.54) is 6.33 Å². The van der Waals surface area contributed by atoms with Crippen molar-refractivity contribution < 1.29 is 19.0 Å². The Morgan fingerprint density at radius 2 is 1.61 bits per heavy atom. The molecule has 1 aromatic rings. The molecule has 2 fully saturated rings. The van der Waals surface area contributed by atoms with E-state index in [-0.39, 0.29) is 18.3 Å². The molecule has 2 aliphatic heterocycles. The zero-order valence-electron chi connectivity index (χ0n) is 16.9. The Balaban J connectivity index is 1.53. The van der Waals surface area contributed by atoms with Gasteiger partial charge in [-0.15, -0.1) is 0 Å². The molecule has 8 nitrogen and oxygen atoms in total. The van der Waals surface area contributed by atoms with Gasteiger partial charge < -0.3 is 19.1 Å². The fourth-order valence-corrected chi connectivity index (χ4v) is 4.05. The van der Waals surface area contributed by atoms with Crippen LogP contribution in [0.2, 0.25) is 0 Å². The maximum absolute atomic E-state index is 11.8. The van der Waals surface area contributed by atoms with E-state index < -0.39 is 0 Å². The maximum atomic E-state index is 11.8. The molecule has 0 N–H and O–H groups in total. The Morgan fingerprint density at radius 3 is 2.11 bits per heavy atom. The minimum Gasteiger partial charge on any atom is -0.474 e. The molecule has 28 heavy (non-hydrogen) atoms. The number of carbonyl (C=O) groups excluding carboxylic acids is 1. The van der Waals surface area contributed by atoms with Crippen molar-refractivity contribution in [3.63, 3.8) is 0 Å². The molecule has 1 amide bonds. The lowest BCUT2D eigenvalue weighted by Gasteiger charge is -2.32. The van der Waals surface area contributed by atoms with Crippen LogP contribution in [0.25, 0.3) is 0 Å². The van der Waals surface area contributed by atoms with Crippen molar-refractivity contribution in [1.82, 2.24) is 19.2 Å². The zero-order valence-corrected chi connectivity index (χ0v) is 17.7. The molecule has 0 radical (unpaired) electrons. The Kier molecular flexibility index (Phi) is 7.61. The van der Waals surface area contributed by atoms with Crippen LogP contribution >= 0.6 is 11.9 Å². The minimum absolute atomic E-state index is 0.0249. The second-order valence-electron chi connectivity index (χ2n) is 7.04. The molecule has 9 heteroatoms. The van der Waals surface area contributed by atoms with Crippen LogP contribution < -0.4 is 9.47 Å². The van der Waals surface area contributed by atoms with Crippen LogP contribution in [0.4, 0.5) is 4.79 Å². The van der Waals surface area contributed by atoms with Crippen molar-refractivity contribution in [2.75, 3.05) is 39.0 Å². The molecular formula is C19H30N4O4S. The van der Waals surface area contributed by atoms with Gasteiger partial charge in [-0.2, -0.15) is 0 Å². The fraction of sp³-hybridized carbons (Fsp3) is 0.737. The Morgan fingerprint density at radius 1 is 1.07 bits per heavy atom. The topological polar surface area (TPSA) is 77.0 Å². The van der Waals surface area contributed by atoms with Crippen LogP contribution in [0.3, 0.4) is 0 Å². The summed E-state index contributed by atoms with van der Waals surface area (Å²) in [4.78, 5) is 22.2. The summed E-state index contributed by atoms with van der Waals surface area (Å²) < 4.78 is 19.7. The predicted molar refractivity (Wildman–Crippen MR) is 108 cm³/mol. The fourth-order valence-electron chi connectivity index (χ4n) is 3.48. The average molecular weight is 411 g/mol. The first-order valence-corrected chi connectivity index (χ1v) is 11.1. The van der Waals surface area contributed by atoms with Gasteiger partial charge in [0.25, 0.3) is 0 Å². The highest BCUT2D eigenvalue weighted by Crippen LogP contribution is 2.28. The first-order chi connectivity index (χ1) is 13.6. The number of aromatic nitrogens is 2. The molecule has 3 heterocycles. The summed E-state index contributed by atoms with van der Waals surface area (Å²) in [5.41, 5.74) is 0.836. The lowest BCUT2D eigenvalue weighted by molar-refractivity contribution is 0.0680. The molecule has 0 atom stereocenters. The molecule has 3 rings (SSSR count). The van der Waals surface area contributed by atoms with E-state index in [2.05, 4.69) is 20.5 Å². The molecule has 0 aliphatic carbocycles. The van der Waals surface area contributed by atoms with Crippen LogP contribution in [-0.4, -0.2) is 76.5 Å². The third kappa shape index (κ3) is 5.41. The average Bonchev–Trinajstić information content (AvgIpc) is 2.72. The predicted octanol–water partition coefficient (Wildman–Crippen LogP) is 2.91. The highest BCUT2D eigenvalue weighted by molar-refractivity contribution is 7.96. The summed E-state index contributed by atoms with van der Waals surface area (Å²) in [5.74, 6) is 1.18. The Bertz CT molecular complexity index is 647. The second kappa shape index (κ2) is 10.2. The monoisotopic (exact) mass is 410 g/mol. The molecule has 2 aliphatic rings. The summed E-state index contributed by atoms with van der Waals surface area (Å²) in [6, 6.07) is 0. The number of hydrogen-bond donors (Lipinski definition) is 0. The molecule has 0 bridgehead atoms. The summed E-state index contributed by atoms with van der Waals surface area (Å²) in [6.45, 7) is 7.47. The number of rotatable bonds is 6. The highest BCUT2D eigenvalue weighted by Gasteiger charge is 2.26. The number of nitrogens with zero attached hydrogens (tertiary/aromatic N) is 4. The first kappa shape index (κ1) is 21.0. The maximum Gasteiger partial charge on any atom is 0.409 e. The molecule has 0 aromatic carbocycles. The second-order valence-corrected chi connectivity index (χ2v) is 7.92.